The molecule has 1 aromatic carbocycles. The fraction of sp³-hybridized carbons (Fsp3) is 0.667. The molecule has 1 aliphatic heterocycles. The highest BCUT2D eigenvalue weighted by Crippen LogP contribution is 2.19. The Kier molecular flexibility index (Phi) is 7.88. The number of ether oxygens (including phenoxy) is 1. The van der Waals surface area contributed by atoms with Crippen molar-refractivity contribution in [2.75, 3.05) is 26.3 Å². The van der Waals surface area contributed by atoms with Crippen LogP contribution < -0.4 is 5.32 Å². The molecule has 156 valence electrons. The van der Waals surface area contributed by atoms with Crippen LogP contribution in [0.25, 0.3) is 0 Å². The minimum Gasteiger partial charge on any atom is -0.379 e. The molecule has 2 aliphatic rings. The van der Waals surface area contributed by atoms with E-state index in [1.54, 1.807) is 12.1 Å². The number of carbonyl (C=O) groups excluding carboxylic acids is 1. The highest BCUT2D eigenvalue weighted by atomic mass is 32.2. The van der Waals surface area contributed by atoms with Gasteiger partial charge in [0.1, 0.15) is 0 Å². The Morgan fingerprint density at radius 3 is 2.25 bits per heavy atom. The summed E-state index contributed by atoms with van der Waals surface area (Å²) in [6, 6.07) is 7.24. The van der Waals surface area contributed by atoms with Crippen molar-refractivity contribution in [2.24, 2.45) is 0 Å². The third-order valence-electron chi connectivity index (χ3n) is 5.64. The molecule has 1 amide bonds. The van der Waals surface area contributed by atoms with Gasteiger partial charge in [0.2, 0.25) is 15.9 Å². The van der Waals surface area contributed by atoms with Gasteiger partial charge in [0.05, 0.1) is 18.1 Å². The average molecular weight is 409 g/mol. The predicted octanol–water partition coefficient (Wildman–Crippen LogP) is 2.87. The number of benzene rings is 1. The average Bonchev–Trinajstić information content (AvgIpc) is 2.69. The highest BCUT2D eigenvalue weighted by Gasteiger charge is 2.26. The Hall–Kier alpha value is -1.44. The second kappa shape index (κ2) is 10.4. The molecule has 28 heavy (non-hydrogen) atoms. The van der Waals surface area contributed by atoms with E-state index >= 15 is 0 Å². The van der Waals surface area contributed by atoms with E-state index in [9.17, 15) is 13.2 Å². The van der Waals surface area contributed by atoms with Gasteiger partial charge in [-0.1, -0.05) is 44.2 Å². The lowest BCUT2D eigenvalue weighted by atomic mass is 9.96. The number of morpholine rings is 1. The maximum atomic E-state index is 12.6. The molecule has 0 unspecified atom stereocenters. The Morgan fingerprint density at radius 1 is 1.00 bits per heavy atom. The number of nitrogens with zero attached hydrogens (tertiary/aromatic N) is 1. The Morgan fingerprint density at radius 2 is 1.61 bits per heavy atom. The first kappa shape index (κ1) is 21.3. The molecule has 2 fully saturated rings. The Labute approximate surface area is 168 Å². The molecule has 0 spiro atoms. The summed E-state index contributed by atoms with van der Waals surface area (Å²) in [7, 11) is -3.46. The van der Waals surface area contributed by atoms with Crippen molar-refractivity contribution in [1.29, 1.82) is 0 Å². The van der Waals surface area contributed by atoms with Crippen molar-refractivity contribution in [2.45, 2.75) is 68.7 Å². The molecule has 1 saturated carbocycles. The molecule has 3 rings (SSSR count). The standard InChI is InChI=1S/C21H32N2O4S/c24-21(22-19-6-4-2-1-3-5-7-19)13-10-18-8-11-20(12-9-18)28(25,26)23-14-16-27-17-15-23/h8-9,11-12,19H,1-7,10,13-17H2,(H,22,24). The summed E-state index contributed by atoms with van der Waals surface area (Å²) in [5.74, 6) is 0.0931. The molecule has 1 heterocycles. The van der Waals surface area contributed by atoms with Crippen LogP contribution in [-0.4, -0.2) is 51.0 Å². The van der Waals surface area contributed by atoms with Crippen LogP contribution in [0.5, 0.6) is 0 Å². The minimum absolute atomic E-state index is 0.0931. The molecule has 0 atom stereocenters. The summed E-state index contributed by atoms with van der Waals surface area (Å²) in [6.45, 7) is 1.66. The fourth-order valence-corrected chi connectivity index (χ4v) is 5.33. The van der Waals surface area contributed by atoms with E-state index in [0.717, 1.165) is 18.4 Å². The van der Waals surface area contributed by atoms with Crippen molar-refractivity contribution in [3.8, 4) is 0 Å². The van der Waals surface area contributed by atoms with E-state index < -0.39 is 10.0 Å². The fourth-order valence-electron chi connectivity index (χ4n) is 3.92. The van der Waals surface area contributed by atoms with Gasteiger partial charge in [-0.3, -0.25) is 4.79 Å². The number of aryl methyl sites for hydroxylation is 1. The highest BCUT2D eigenvalue weighted by molar-refractivity contribution is 7.89. The summed E-state index contributed by atoms with van der Waals surface area (Å²) >= 11 is 0. The Balaban J connectivity index is 1.49. The van der Waals surface area contributed by atoms with E-state index in [1.807, 2.05) is 12.1 Å². The number of carbonyl (C=O) groups is 1. The van der Waals surface area contributed by atoms with Gasteiger partial charge in [0, 0.05) is 25.6 Å². The van der Waals surface area contributed by atoms with E-state index in [2.05, 4.69) is 5.32 Å². The number of nitrogens with one attached hydrogen (secondary N) is 1. The smallest absolute Gasteiger partial charge is 0.243 e. The molecule has 6 nitrogen and oxygen atoms in total. The molecule has 1 aromatic rings. The van der Waals surface area contributed by atoms with E-state index in [1.165, 1.54) is 36.4 Å². The van der Waals surface area contributed by atoms with Crippen LogP contribution in [-0.2, 0) is 26.0 Å². The zero-order valence-corrected chi connectivity index (χ0v) is 17.4. The molecule has 1 N–H and O–H groups in total. The molecular formula is C21H32N2O4S. The second-order valence-electron chi connectivity index (χ2n) is 7.77. The number of rotatable bonds is 6. The van der Waals surface area contributed by atoms with Crippen LogP contribution in [0.3, 0.4) is 0 Å². The van der Waals surface area contributed by atoms with Crippen LogP contribution in [0.2, 0.25) is 0 Å². The summed E-state index contributed by atoms with van der Waals surface area (Å²) in [5, 5.41) is 3.18. The number of amides is 1. The van der Waals surface area contributed by atoms with Gasteiger partial charge in [0.25, 0.3) is 0 Å². The van der Waals surface area contributed by atoms with Crippen LogP contribution >= 0.6 is 0 Å². The summed E-state index contributed by atoms with van der Waals surface area (Å²) in [5.41, 5.74) is 0.980. The lowest BCUT2D eigenvalue weighted by Gasteiger charge is -2.26. The van der Waals surface area contributed by atoms with Crippen LogP contribution in [0.4, 0.5) is 0 Å². The monoisotopic (exact) mass is 408 g/mol. The van der Waals surface area contributed by atoms with E-state index in [0.29, 0.717) is 50.1 Å². The lowest BCUT2D eigenvalue weighted by Crippen LogP contribution is -2.40. The predicted molar refractivity (Wildman–Crippen MR) is 109 cm³/mol. The molecule has 0 aromatic heterocycles. The summed E-state index contributed by atoms with van der Waals surface area (Å²) < 4.78 is 32.0. The largest absolute Gasteiger partial charge is 0.379 e. The third kappa shape index (κ3) is 6.03. The molecule has 1 saturated heterocycles. The van der Waals surface area contributed by atoms with Crippen molar-refractivity contribution in [3.05, 3.63) is 29.8 Å². The first-order valence-electron chi connectivity index (χ1n) is 10.5. The van der Waals surface area contributed by atoms with Crippen LogP contribution in [0, 0.1) is 0 Å². The first-order valence-corrected chi connectivity index (χ1v) is 12.0. The summed E-state index contributed by atoms with van der Waals surface area (Å²) in [4.78, 5) is 12.6. The minimum atomic E-state index is -3.46. The molecule has 0 radical (unpaired) electrons. The van der Waals surface area contributed by atoms with Gasteiger partial charge in [-0.05, 0) is 37.0 Å². The van der Waals surface area contributed by atoms with Gasteiger partial charge in [0.15, 0.2) is 0 Å². The lowest BCUT2D eigenvalue weighted by molar-refractivity contribution is -0.121. The van der Waals surface area contributed by atoms with Crippen LogP contribution in [0.1, 0.15) is 56.9 Å². The van der Waals surface area contributed by atoms with Crippen LogP contribution in [0.15, 0.2) is 29.2 Å². The SMILES string of the molecule is O=C(CCc1ccc(S(=O)(=O)N2CCOCC2)cc1)NC1CCCCCCC1. The first-order chi connectivity index (χ1) is 13.6. The normalized spacial score (nSPS) is 20.3. The van der Waals surface area contributed by atoms with E-state index in [-0.39, 0.29) is 5.91 Å². The third-order valence-corrected chi connectivity index (χ3v) is 7.56. The molecule has 7 heteroatoms. The quantitative estimate of drug-likeness (QED) is 0.785. The Bertz CT molecular complexity index is 719. The molecule has 0 bridgehead atoms. The number of sulfonamides is 1. The topological polar surface area (TPSA) is 75.7 Å². The van der Waals surface area contributed by atoms with Gasteiger partial charge in [-0.15, -0.1) is 0 Å². The maximum absolute atomic E-state index is 12.6. The van der Waals surface area contributed by atoms with Gasteiger partial charge >= 0.3 is 0 Å². The zero-order chi connectivity index (χ0) is 19.8. The number of hydrogen-bond acceptors (Lipinski definition) is 4. The van der Waals surface area contributed by atoms with Crippen molar-refractivity contribution in [1.82, 2.24) is 9.62 Å². The zero-order valence-electron chi connectivity index (χ0n) is 16.6. The molecular weight excluding hydrogens is 376 g/mol. The summed E-state index contributed by atoms with van der Waals surface area (Å²) in [6.07, 6.45) is 9.48. The number of hydrogen-bond donors (Lipinski definition) is 1. The van der Waals surface area contributed by atoms with E-state index in [4.69, 9.17) is 4.74 Å². The molecule has 1 aliphatic carbocycles. The van der Waals surface area contributed by atoms with Crippen molar-refractivity contribution in [3.63, 3.8) is 0 Å². The van der Waals surface area contributed by atoms with Gasteiger partial charge in [-0.2, -0.15) is 4.31 Å². The maximum Gasteiger partial charge on any atom is 0.243 e. The van der Waals surface area contributed by atoms with Crippen molar-refractivity contribution >= 4 is 15.9 Å². The van der Waals surface area contributed by atoms with Gasteiger partial charge in [-0.25, -0.2) is 8.42 Å². The van der Waals surface area contributed by atoms with Crippen molar-refractivity contribution < 1.29 is 17.9 Å². The second-order valence-corrected chi connectivity index (χ2v) is 9.71. The van der Waals surface area contributed by atoms with Gasteiger partial charge < -0.3 is 10.1 Å².